The number of hydrogen-bond donors (Lipinski definition) is 2. The lowest BCUT2D eigenvalue weighted by Crippen LogP contribution is -2.44. The Morgan fingerprint density at radius 1 is 0.967 bits per heavy atom. The third kappa shape index (κ3) is 8.67. The van der Waals surface area contributed by atoms with Gasteiger partial charge in [-0.1, -0.05) is 29.8 Å². The fraction of sp³-hybridized carbons (Fsp3) is 0.389. The van der Waals surface area contributed by atoms with Crippen molar-refractivity contribution in [2.45, 2.75) is 75.2 Å². The monoisotopic (exact) mass is 892 g/mol. The number of carbonyl (C=O) groups excluding carboxylic acids is 3. The van der Waals surface area contributed by atoms with E-state index in [1.165, 1.54) is 23.0 Å². The van der Waals surface area contributed by atoms with Gasteiger partial charge in [0.05, 0.1) is 31.5 Å². The van der Waals surface area contributed by atoms with Gasteiger partial charge in [0.25, 0.3) is 0 Å². The molecule has 4 aliphatic rings. The molecule has 6 heterocycles. The van der Waals surface area contributed by atoms with E-state index in [9.17, 15) is 28.4 Å². The number of phosphoric acid groups is 1. The average Bonchev–Trinajstić information content (AvgIpc) is 3.86. The lowest BCUT2D eigenvalue weighted by Gasteiger charge is -2.28. The number of fused-ring (bicyclic) bond motifs is 4. The predicted octanol–water partition coefficient (Wildman–Crippen LogP) is 4.82. The summed E-state index contributed by atoms with van der Waals surface area (Å²) in [6.07, 6.45) is -11.1. The molecule has 1 amide bonds. The Hall–Kier alpha value is -4.47. The van der Waals surface area contributed by atoms with Crippen molar-refractivity contribution in [3.8, 4) is 5.75 Å². The van der Waals surface area contributed by atoms with Gasteiger partial charge in [0.15, 0.2) is 42.0 Å². The van der Waals surface area contributed by atoms with Crippen LogP contribution in [0.1, 0.15) is 39.7 Å². The van der Waals surface area contributed by atoms with Gasteiger partial charge in [0.2, 0.25) is 5.91 Å². The molecule has 3 N–H and O–H groups in total. The average molecular weight is 893 g/mol. The summed E-state index contributed by atoms with van der Waals surface area (Å²) in [7, 11) is -5.26. The minimum absolute atomic E-state index is 0.00838. The standard InChI is InChI=1S/C36H36F2N6O13P2S/c1-18-3-8-23(19(2)11-18)36(47)53-22-6-4-20(5-7-22)15-60-59(50)52-14-25-30(28(38)34(55-25)43-10-9-21(45)12-26(43)46)56-58(48,49)51-13-24-27(37)31(57-59)35(54-24)44-17-42-29-32(39)40-16-41-33(29)44/h3-11,16-17,24-25,27-28,30-31,34-35H,12-15H2,1-2H3,(H,48,49)(H2,39,40,41)/t24-,25-,27-,28-,30-,31-,34-,35-,59-/m1/s1. The van der Waals surface area contributed by atoms with Crippen molar-refractivity contribution >= 4 is 60.6 Å². The minimum Gasteiger partial charge on any atom is -0.423 e. The van der Waals surface area contributed by atoms with E-state index >= 15 is 8.78 Å². The highest BCUT2D eigenvalue weighted by Crippen LogP contribution is 2.65. The van der Waals surface area contributed by atoms with E-state index in [0.29, 0.717) is 22.5 Å². The number of amides is 1. The number of allylic oxidation sites excluding steroid dienone is 1. The van der Waals surface area contributed by atoms with Gasteiger partial charge in [0, 0.05) is 12.0 Å². The Morgan fingerprint density at radius 2 is 1.72 bits per heavy atom. The molecule has 8 rings (SSSR count). The minimum atomic E-state index is -5.26. The zero-order chi connectivity index (χ0) is 42.5. The lowest BCUT2D eigenvalue weighted by molar-refractivity contribution is -0.146. The van der Waals surface area contributed by atoms with Crippen molar-refractivity contribution in [2.24, 2.45) is 0 Å². The smallest absolute Gasteiger partial charge is 0.423 e. The molecule has 10 atom stereocenters. The molecule has 19 nitrogen and oxygen atoms in total. The summed E-state index contributed by atoms with van der Waals surface area (Å²) in [5.41, 5.74) is 8.82. The van der Waals surface area contributed by atoms with E-state index in [2.05, 4.69) is 15.0 Å². The van der Waals surface area contributed by atoms with Crippen LogP contribution in [-0.2, 0) is 52.0 Å². The molecule has 2 aromatic heterocycles. The third-order valence-electron chi connectivity index (χ3n) is 9.93. The molecule has 318 valence electrons. The molecule has 3 saturated heterocycles. The number of phosphoric ester groups is 1. The number of esters is 1. The van der Waals surface area contributed by atoms with Crippen LogP contribution < -0.4 is 10.5 Å². The quantitative estimate of drug-likeness (QED) is 0.109. The van der Waals surface area contributed by atoms with Gasteiger partial charge >= 0.3 is 20.6 Å². The first-order valence-electron chi connectivity index (χ1n) is 18.2. The molecule has 0 aliphatic carbocycles. The summed E-state index contributed by atoms with van der Waals surface area (Å²) in [5.74, 6) is -1.82. The summed E-state index contributed by atoms with van der Waals surface area (Å²) < 4.78 is 102. The predicted molar refractivity (Wildman–Crippen MR) is 205 cm³/mol. The molecule has 2 aromatic carbocycles. The van der Waals surface area contributed by atoms with E-state index in [4.69, 9.17) is 38.0 Å². The molecule has 1 unspecified atom stereocenters. The maximum Gasteiger partial charge on any atom is 0.472 e. The van der Waals surface area contributed by atoms with Crippen molar-refractivity contribution in [1.82, 2.24) is 24.4 Å². The number of aryl methyl sites for hydroxylation is 2. The highest BCUT2D eigenvalue weighted by atomic mass is 32.7. The van der Waals surface area contributed by atoms with Crippen LogP contribution in [0.2, 0.25) is 0 Å². The van der Waals surface area contributed by atoms with Gasteiger partial charge in [0.1, 0.15) is 42.0 Å². The van der Waals surface area contributed by atoms with E-state index in [1.54, 1.807) is 31.2 Å². The van der Waals surface area contributed by atoms with Crippen LogP contribution in [0, 0.1) is 13.8 Å². The number of rotatable bonds is 7. The number of nitrogens with two attached hydrogens (primary N) is 1. The van der Waals surface area contributed by atoms with Crippen LogP contribution in [0.15, 0.2) is 67.4 Å². The third-order valence-corrected chi connectivity index (χ3v) is 14.6. The van der Waals surface area contributed by atoms with Gasteiger partial charge in [-0.05, 0) is 60.6 Å². The van der Waals surface area contributed by atoms with Crippen molar-refractivity contribution in [1.29, 1.82) is 0 Å². The van der Waals surface area contributed by atoms with Gasteiger partial charge < -0.3 is 24.8 Å². The molecule has 4 aliphatic heterocycles. The van der Waals surface area contributed by atoms with Gasteiger partial charge in [-0.25, -0.2) is 37.7 Å². The van der Waals surface area contributed by atoms with Crippen LogP contribution in [-0.4, -0.2) is 103 Å². The Morgan fingerprint density at radius 3 is 2.47 bits per heavy atom. The second kappa shape index (κ2) is 16.8. The Labute approximate surface area is 343 Å². The zero-order valence-corrected chi connectivity index (χ0v) is 34.1. The molecule has 0 spiro atoms. The van der Waals surface area contributed by atoms with Crippen LogP contribution >= 0.6 is 26.0 Å². The van der Waals surface area contributed by atoms with E-state index in [1.807, 2.05) is 13.0 Å². The first kappa shape index (κ1) is 42.2. The summed E-state index contributed by atoms with van der Waals surface area (Å²) in [5, 5.41) is 0. The number of ether oxygens (including phenoxy) is 3. The molecule has 4 aromatic rings. The number of anilines is 1. The second-order valence-corrected chi connectivity index (χ2v) is 19.6. The number of alkyl halides is 2. The molecule has 60 heavy (non-hydrogen) atoms. The number of nitrogens with zero attached hydrogens (tertiary/aromatic N) is 5. The van der Waals surface area contributed by atoms with Gasteiger partial charge in [-0.2, -0.15) is 0 Å². The van der Waals surface area contributed by atoms with E-state index in [0.717, 1.165) is 34.6 Å². The first-order chi connectivity index (χ1) is 28.6. The van der Waals surface area contributed by atoms with Gasteiger partial charge in [-0.3, -0.25) is 37.2 Å². The molecular formula is C36H36F2N6O13P2S. The van der Waals surface area contributed by atoms with Crippen molar-refractivity contribution < 1.29 is 69.5 Å². The number of nitrogen functional groups attached to an aromatic ring is 1. The second-order valence-electron chi connectivity index (χ2n) is 14.1. The highest BCUT2D eigenvalue weighted by Gasteiger charge is 2.56. The molecule has 0 radical (unpaired) electrons. The number of carbonyl (C=O) groups is 3. The zero-order valence-electron chi connectivity index (χ0n) is 31.5. The summed E-state index contributed by atoms with van der Waals surface area (Å²) in [6.45, 7) is -2.74. The van der Waals surface area contributed by atoms with Crippen LogP contribution in [0.4, 0.5) is 14.6 Å². The summed E-state index contributed by atoms with van der Waals surface area (Å²) in [6, 6.07) is 11.5. The topological polar surface area (TPSA) is 243 Å². The fourth-order valence-corrected chi connectivity index (χ4v) is 11.3. The fourth-order valence-electron chi connectivity index (χ4n) is 6.95. The Kier molecular flexibility index (Phi) is 11.8. The Bertz CT molecular complexity index is 2460. The van der Waals surface area contributed by atoms with Gasteiger partial charge in [-0.15, -0.1) is 0 Å². The van der Waals surface area contributed by atoms with Crippen molar-refractivity contribution in [3.63, 3.8) is 0 Å². The normalized spacial score (nSPS) is 32.3. The molecule has 2 bridgehead atoms. The first-order valence-corrected chi connectivity index (χ1v) is 22.9. The molecule has 24 heteroatoms. The number of ketones is 1. The van der Waals surface area contributed by atoms with Crippen LogP contribution in [0.25, 0.3) is 11.2 Å². The highest BCUT2D eigenvalue weighted by molar-refractivity contribution is 8.54. The molecule has 0 saturated carbocycles. The summed E-state index contributed by atoms with van der Waals surface area (Å²) >= 11 is 0.610. The van der Waals surface area contributed by atoms with E-state index < -0.39 is 101 Å². The number of benzene rings is 2. The maximum absolute atomic E-state index is 16.5. The van der Waals surface area contributed by atoms with E-state index in [-0.39, 0.29) is 28.5 Å². The molecular weight excluding hydrogens is 856 g/mol. The number of halogens is 2. The maximum atomic E-state index is 16.5. The number of aromatic nitrogens is 4. The Balaban J connectivity index is 1.08. The van der Waals surface area contributed by atoms with Crippen molar-refractivity contribution in [2.75, 3.05) is 18.9 Å². The largest absolute Gasteiger partial charge is 0.472 e. The van der Waals surface area contributed by atoms with Crippen molar-refractivity contribution in [3.05, 3.63) is 89.6 Å². The molecule has 3 fully saturated rings. The van der Waals surface area contributed by atoms with Crippen LogP contribution in [0.5, 0.6) is 5.75 Å². The van der Waals surface area contributed by atoms with Crippen LogP contribution in [0.3, 0.4) is 0 Å². The number of imidazole rings is 1. The summed E-state index contributed by atoms with van der Waals surface area (Å²) in [4.78, 5) is 61.2. The SMILES string of the molecule is Cc1ccc(C(=O)Oc2ccc(CS[P@]3(=O)OC[C@H]4O[C@@H](N5C=CC(=O)CC5=O)[C@H](F)[C@@H]4OP(=O)(O)OC[C@H]4O[C@@H](n5cnc6c(N)ncnc65)[C@H](O3)[C@@H]4F)cc2)c(C)c1. The lowest BCUT2D eigenvalue weighted by atomic mass is 10.1. The number of hydrogen-bond acceptors (Lipinski definition) is 17.